The summed E-state index contributed by atoms with van der Waals surface area (Å²) in [6, 6.07) is 20.1. The van der Waals surface area contributed by atoms with Gasteiger partial charge in [0.25, 0.3) is 5.52 Å². The smallest absolute Gasteiger partial charge is 0.276 e. The fourth-order valence-electron chi connectivity index (χ4n) is 2.88. The highest BCUT2D eigenvalue weighted by Gasteiger charge is 2.16. The summed E-state index contributed by atoms with van der Waals surface area (Å²) in [5.74, 6) is 0.837. The van der Waals surface area contributed by atoms with E-state index in [0.29, 0.717) is 6.61 Å². The molecule has 0 aliphatic heterocycles. The first-order valence-corrected chi connectivity index (χ1v) is 8.34. The molecule has 4 heteroatoms. The van der Waals surface area contributed by atoms with Gasteiger partial charge in [0.15, 0.2) is 5.75 Å². The van der Waals surface area contributed by atoms with Crippen molar-refractivity contribution in [3.8, 4) is 5.75 Å². The first kappa shape index (κ1) is 14.7. The quantitative estimate of drug-likeness (QED) is 0.402. The predicted molar refractivity (Wildman–Crippen MR) is 94.9 cm³/mol. The Morgan fingerprint density at radius 2 is 1.88 bits per heavy atom. The minimum absolute atomic E-state index is 0.705. The summed E-state index contributed by atoms with van der Waals surface area (Å²) in [5, 5.41) is 11.6. The summed E-state index contributed by atoms with van der Waals surface area (Å²) >= 11 is 0. The monoisotopic (exact) mass is 317 g/mol. The second kappa shape index (κ2) is 6.32. The third-order valence-electron chi connectivity index (χ3n) is 4.08. The molecule has 4 nitrogen and oxygen atoms in total. The molecule has 0 radical (unpaired) electrons. The van der Waals surface area contributed by atoms with Crippen molar-refractivity contribution in [3.05, 3.63) is 60.7 Å². The van der Waals surface area contributed by atoms with Crippen molar-refractivity contribution in [3.63, 3.8) is 0 Å². The average Bonchev–Trinajstić information content (AvgIpc) is 2.98. The molecule has 0 saturated heterocycles. The zero-order valence-corrected chi connectivity index (χ0v) is 13.6. The van der Waals surface area contributed by atoms with Gasteiger partial charge in [-0.15, -0.1) is 4.48 Å². The van der Waals surface area contributed by atoms with Crippen LogP contribution in [-0.4, -0.2) is 6.61 Å². The molecule has 4 rings (SSSR count). The second-order valence-electron chi connectivity index (χ2n) is 5.81. The van der Waals surface area contributed by atoms with E-state index in [1.165, 1.54) is 0 Å². The number of aromatic nitrogens is 2. The van der Waals surface area contributed by atoms with E-state index in [9.17, 15) is 0 Å². The molecule has 1 aromatic heterocycles. The summed E-state index contributed by atoms with van der Waals surface area (Å²) < 4.78 is 7.72. The van der Waals surface area contributed by atoms with Gasteiger partial charge in [0.05, 0.1) is 12.0 Å². The molecular weight excluding hydrogens is 298 g/mol. The maximum atomic E-state index is 6.02. The Labute approximate surface area is 140 Å². The average molecular weight is 317 g/mol. The Balaban J connectivity index is 1.96. The molecule has 0 spiro atoms. The Bertz CT molecular complexity index is 1020. The van der Waals surface area contributed by atoms with Crippen molar-refractivity contribution in [2.24, 2.45) is 5.11 Å². The lowest BCUT2D eigenvalue weighted by molar-refractivity contribution is -0.581. The van der Waals surface area contributed by atoms with E-state index in [4.69, 9.17) is 4.74 Å². The fourth-order valence-corrected chi connectivity index (χ4v) is 2.88. The summed E-state index contributed by atoms with van der Waals surface area (Å²) in [6.45, 7) is 2.86. The molecule has 0 bridgehead atoms. The van der Waals surface area contributed by atoms with E-state index < -0.39 is 0 Å². The number of benzene rings is 3. The van der Waals surface area contributed by atoms with E-state index in [-0.39, 0.29) is 0 Å². The molecule has 0 atom stereocenters. The Morgan fingerprint density at radius 1 is 1.00 bits per heavy atom. The van der Waals surface area contributed by atoms with Crippen LogP contribution in [0.25, 0.3) is 21.8 Å². The minimum Gasteiger partial charge on any atom is -0.487 e. The normalized spacial score (nSPS) is 12.3. The first-order chi connectivity index (χ1) is 11.9. The van der Waals surface area contributed by atoms with Crippen LogP contribution in [0, 0.1) is 0 Å². The highest BCUT2D eigenvalue weighted by Crippen LogP contribution is 2.30. The van der Waals surface area contributed by atoms with Crippen molar-refractivity contribution in [2.45, 2.75) is 19.8 Å². The number of nitrogens with zero attached hydrogens (tertiary/aromatic N) is 3. The molecule has 24 heavy (non-hydrogen) atoms. The molecule has 0 amide bonds. The number of ether oxygens (including phenoxy) is 1. The molecule has 0 saturated carbocycles. The van der Waals surface area contributed by atoms with Gasteiger partial charge in [-0.05, 0) is 17.9 Å². The van der Waals surface area contributed by atoms with E-state index in [1.54, 1.807) is 4.48 Å². The number of unbranched alkanes of at least 4 members (excludes halogenated alkanes) is 1. The topological polar surface area (TPSA) is 41.6 Å². The first-order valence-electron chi connectivity index (χ1n) is 8.34. The predicted octanol–water partition coefficient (Wildman–Crippen LogP) is 4.50. The van der Waals surface area contributed by atoms with Crippen LogP contribution in [0.2, 0.25) is 0 Å². The molecular formula is C20H19N3O. The van der Waals surface area contributed by atoms with Crippen LogP contribution in [0.3, 0.4) is 0 Å². The maximum Gasteiger partial charge on any atom is 0.276 e. The van der Waals surface area contributed by atoms with Crippen molar-refractivity contribution >= 4 is 27.5 Å². The van der Waals surface area contributed by atoms with Crippen LogP contribution in [0.1, 0.15) is 19.8 Å². The lowest BCUT2D eigenvalue weighted by atomic mass is 10.1. The van der Waals surface area contributed by atoms with Gasteiger partial charge in [0.2, 0.25) is 0 Å². The zero-order valence-electron chi connectivity index (χ0n) is 13.6. The highest BCUT2D eigenvalue weighted by molar-refractivity contribution is 6.07. The van der Waals surface area contributed by atoms with Gasteiger partial charge < -0.3 is 4.74 Å². The Kier molecular flexibility index (Phi) is 3.87. The van der Waals surface area contributed by atoms with E-state index in [0.717, 1.165) is 46.1 Å². The SMILES string of the molecule is CCCCOc1ccc2cccc3[n-][n+](=Nc4ccccc4)c1c23. The standard InChI is InChI=1S/C20H19N3O/c1-2-3-14-24-18-13-12-15-8-7-11-17-19(15)20(18)23(22-17)21-16-9-5-4-6-10-16/h4-13H,2-3,14H2,1H3. The number of hydrogen-bond acceptors (Lipinski definition) is 2. The van der Waals surface area contributed by atoms with Gasteiger partial charge in [0, 0.05) is 11.2 Å². The van der Waals surface area contributed by atoms with Crippen molar-refractivity contribution < 1.29 is 9.22 Å². The lowest BCUT2D eigenvalue weighted by Crippen LogP contribution is -2.20. The molecule has 0 unspecified atom stereocenters. The van der Waals surface area contributed by atoms with Crippen LogP contribution in [0.5, 0.6) is 5.75 Å². The number of hydrogen-bond donors (Lipinski definition) is 0. The molecule has 0 N–H and O–H groups in total. The van der Waals surface area contributed by atoms with E-state index in [1.807, 2.05) is 48.5 Å². The number of rotatable bonds is 5. The molecule has 0 aliphatic rings. The van der Waals surface area contributed by atoms with Crippen LogP contribution < -0.4 is 14.3 Å². The molecule has 0 fully saturated rings. The zero-order chi connectivity index (χ0) is 16.4. The van der Waals surface area contributed by atoms with Gasteiger partial charge in [-0.3, -0.25) is 0 Å². The summed E-state index contributed by atoms with van der Waals surface area (Å²) in [4.78, 5) is 0. The van der Waals surface area contributed by atoms with Gasteiger partial charge >= 0.3 is 0 Å². The minimum atomic E-state index is 0.705. The van der Waals surface area contributed by atoms with E-state index in [2.05, 4.69) is 29.3 Å². The van der Waals surface area contributed by atoms with Crippen LogP contribution >= 0.6 is 0 Å². The third-order valence-corrected chi connectivity index (χ3v) is 4.08. The second-order valence-corrected chi connectivity index (χ2v) is 5.81. The summed E-state index contributed by atoms with van der Waals surface area (Å²) in [6.07, 6.45) is 2.14. The Hall–Kier alpha value is -2.88. The lowest BCUT2D eigenvalue weighted by Gasteiger charge is -2.05. The van der Waals surface area contributed by atoms with Crippen LogP contribution in [0.4, 0.5) is 5.69 Å². The van der Waals surface area contributed by atoms with Gasteiger partial charge in [-0.1, -0.05) is 67.9 Å². The van der Waals surface area contributed by atoms with Crippen molar-refractivity contribution in [1.29, 1.82) is 0 Å². The molecule has 4 aromatic rings. The highest BCUT2D eigenvalue weighted by atomic mass is 16.5. The van der Waals surface area contributed by atoms with Crippen molar-refractivity contribution in [1.82, 2.24) is 5.10 Å². The van der Waals surface area contributed by atoms with Crippen LogP contribution in [-0.2, 0) is 0 Å². The molecule has 120 valence electrons. The summed E-state index contributed by atoms with van der Waals surface area (Å²) in [7, 11) is 0. The van der Waals surface area contributed by atoms with Crippen molar-refractivity contribution in [2.75, 3.05) is 6.61 Å². The van der Waals surface area contributed by atoms with Gasteiger partial charge in [0.1, 0.15) is 0 Å². The Morgan fingerprint density at radius 3 is 2.71 bits per heavy atom. The van der Waals surface area contributed by atoms with Crippen LogP contribution in [0.15, 0.2) is 65.8 Å². The molecule has 0 aliphatic carbocycles. The fraction of sp³-hybridized carbons (Fsp3) is 0.200. The third kappa shape index (κ3) is 2.60. The largest absolute Gasteiger partial charge is 0.487 e. The maximum absolute atomic E-state index is 6.02. The van der Waals surface area contributed by atoms with Gasteiger partial charge in [-0.25, -0.2) is 0 Å². The summed E-state index contributed by atoms with van der Waals surface area (Å²) in [5.41, 5.74) is 2.73. The van der Waals surface area contributed by atoms with E-state index >= 15 is 0 Å². The van der Waals surface area contributed by atoms with Gasteiger partial charge in [-0.2, -0.15) is 10.2 Å². The molecule has 1 heterocycles. The molecule has 3 aromatic carbocycles.